The molecular weight excluding hydrogens is 436 g/mol. The summed E-state index contributed by atoms with van der Waals surface area (Å²) in [6, 6.07) is 16.0. The number of aromatic amines is 1. The Morgan fingerprint density at radius 3 is 2.77 bits per heavy atom. The monoisotopic (exact) mass is 450 g/mol. The molecule has 0 fully saturated rings. The number of H-pyrrole nitrogens is 1. The predicted molar refractivity (Wildman–Crippen MR) is 120 cm³/mol. The van der Waals surface area contributed by atoms with Crippen LogP contribution in [0.5, 0.6) is 0 Å². The van der Waals surface area contributed by atoms with Crippen LogP contribution in [0, 0.1) is 11.3 Å². The number of hydrogen-bond donors (Lipinski definition) is 2. The Balaban J connectivity index is 1.56. The normalized spacial score (nSPS) is 11.8. The minimum Gasteiger partial charge on any atom is -0.325 e. The van der Waals surface area contributed by atoms with Gasteiger partial charge in [-0.05, 0) is 37.3 Å². The quantitative estimate of drug-likeness (QED) is 0.353. The lowest BCUT2D eigenvalue weighted by Gasteiger charge is -2.12. The van der Waals surface area contributed by atoms with Crippen molar-refractivity contribution < 1.29 is 4.79 Å². The molecule has 2 aromatic heterocycles. The lowest BCUT2D eigenvalue weighted by molar-refractivity contribution is -0.115. The van der Waals surface area contributed by atoms with Crippen molar-refractivity contribution in [3.63, 3.8) is 0 Å². The average molecular weight is 451 g/mol. The molecule has 0 radical (unpaired) electrons. The Kier molecular flexibility index (Phi) is 5.75. The summed E-state index contributed by atoms with van der Waals surface area (Å²) < 4.78 is 1.58. The minimum atomic E-state index is -0.567. The summed E-state index contributed by atoms with van der Waals surface area (Å²) in [7, 11) is 0. The lowest BCUT2D eigenvalue weighted by atomic mass is 10.2. The van der Waals surface area contributed by atoms with E-state index >= 15 is 0 Å². The number of aromatic nitrogens is 4. The maximum Gasteiger partial charge on any atom is 0.262 e. The third-order valence-electron chi connectivity index (χ3n) is 4.43. The van der Waals surface area contributed by atoms with E-state index in [1.807, 2.05) is 36.4 Å². The van der Waals surface area contributed by atoms with E-state index in [1.165, 1.54) is 18.3 Å². The Morgan fingerprint density at radius 2 is 2.06 bits per heavy atom. The largest absolute Gasteiger partial charge is 0.325 e. The van der Waals surface area contributed by atoms with Crippen molar-refractivity contribution in [3.05, 3.63) is 75.7 Å². The molecule has 0 aliphatic carbocycles. The number of nitrogens with zero attached hydrogens (tertiary/aromatic N) is 4. The fourth-order valence-corrected chi connectivity index (χ4v) is 3.88. The van der Waals surface area contributed by atoms with E-state index in [1.54, 1.807) is 17.7 Å². The van der Waals surface area contributed by atoms with Gasteiger partial charge in [0.1, 0.15) is 11.5 Å². The van der Waals surface area contributed by atoms with Gasteiger partial charge in [0.2, 0.25) is 5.91 Å². The minimum absolute atomic E-state index is 0.256. The number of rotatable bonds is 5. The Morgan fingerprint density at radius 1 is 1.29 bits per heavy atom. The van der Waals surface area contributed by atoms with Crippen LogP contribution in [0.15, 0.2) is 64.7 Å². The second kappa shape index (κ2) is 8.63. The number of nitrogens with one attached hydrogen (secondary N) is 2. The fraction of sp³-hybridized carbons (Fsp3) is 0.0952. The molecule has 8 nitrogen and oxygen atoms in total. The van der Waals surface area contributed by atoms with Crippen LogP contribution in [-0.4, -0.2) is 30.9 Å². The third kappa shape index (κ3) is 4.30. The topological polar surface area (TPSA) is 116 Å². The molecule has 31 heavy (non-hydrogen) atoms. The van der Waals surface area contributed by atoms with Gasteiger partial charge in [0.15, 0.2) is 10.8 Å². The highest BCUT2D eigenvalue weighted by molar-refractivity contribution is 8.00. The molecule has 4 rings (SSSR count). The van der Waals surface area contributed by atoms with Gasteiger partial charge in [-0.2, -0.15) is 10.4 Å². The van der Waals surface area contributed by atoms with Crippen molar-refractivity contribution in [3.8, 4) is 11.8 Å². The number of para-hydroxylation sites is 1. The molecule has 0 bridgehead atoms. The second-order valence-corrected chi connectivity index (χ2v) is 8.29. The SMILES string of the molecule is CC(Sc1nc2c(cnn2-c2ccccc2)c(=O)[nH]1)C(=O)Nc1ccc(C#N)c(Cl)c1. The van der Waals surface area contributed by atoms with Crippen LogP contribution in [0.1, 0.15) is 12.5 Å². The molecule has 4 aromatic rings. The van der Waals surface area contributed by atoms with Crippen molar-refractivity contribution in [2.24, 2.45) is 0 Å². The summed E-state index contributed by atoms with van der Waals surface area (Å²) in [5.74, 6) is -0.301. The van der Waals surface area contributed by atoms with E-state index in [9.17, 15) is 9.59 Å². The van der Waals surface area contributed by atoms with Gasteiger partial charge < -0.3 is 10.3 Å². The lowest BCUT2D eigenvalue weighted by Crippen LogP contribution is -2.23. The van der Waals surface area contributed by atoms with Crippen LogP contribution >= 0.6 is 23.4 Å². The Labute approximate surface area is 185 Å². The van der Waals surface area contributed by atoms with Gasteiger partial charge in [0.25, 0.3) is 5.56 Å². The van der Waals surface area contributed by atoms with Gasteiger partial charge in [-0.15, -0.1) is 0 Å². The number of hydrogen-bond acceptors (Lipinski definition) is 6. The van der Waals surface area contributed by atoms with Crippen molar-refractivity contribution in [1.29, 1.82) is 5.26 Å². The number of anilines is 1. The summed E-state index contributed by atoms with van der Waals surface area (Å²) in [4.78, 5) is 32.3. The molecule has 1 unspecified atom stereocenters. The summed E-state index contributed by atoms with van der Waals surface area (Å²) in [6.07, 6.45) is 1.47. The van der Waals surface area contributed by atoms with Crippen molar-refractivity contribution in [1.82, 2.24) is 19.7 Å². The third-order valence-corrected chi connectivity index (χ3v) is 5.73. The summed E-state index contributed by atoms with van der Waals surface area (Å²) in [6.45, 7) is 1.70. The summed E-state index contributed by atoms with van der Waals surface area (Å²) >= 11 is 7.13. The smallest absolute Gasteiger partial charge is 0.262 e. The number of halogens is 1. The van der Waals surface area contributed by atoms with Crippen LogP contribution in [0.2, 0.25) is 5.02 Å². The molecule has 2 aromatic carbocycles. The second-order valence-electron chi connectivity index (χ2n) is 6.56. The number of nitriles is 1. The molecule has 2 N–H and O–H groups in total. The first-order chi connectivity index (χ1) is 15.0. The molecule has 10 heteroatoms. The van der Waals surface area contributed by atoms with E-state index in [2.05, 4.69) is 20.4 Å². The number of carbonyl (C=O) groups is 1. The number of fused-ring (bicyclic) bond motifs is 1. The molecular formula is C21H15ClN6O2S. The Hall–Kier alpha value is -3.61. The highest BCUT2D eigenvalue weighted by Gasteiger charge is 2.19. The van der Waals surface area contributed by atoms with Gasteiger partial charge in [-0.3, -0.25) is 9.59 Å². The van der Waals surface area contributed by atoms with E-state index in [4.69, 9.17) is 16.9 Å². The predicted octanol–water partition coefficient (Wildman–Crippen LogP) is 3.75. The molecule has 0 saturated carbocycles. The first-order valence-corrected chi connectivity index (χ1v) is 10.4. The fourth-order valence-electron chi connectivity index (χ4n) is 2.86. The highest BCUT2D eigenvalue weighted by atomic mass is 35.5. The van der Waals surface area contributed by atoms with Crippen LogP contribution < -0.4 is 10.9 Å². The average Bonchev–Trinajstić information content (AvgIpc) is 3.19. The van der Waals surface area contributed by atoms with Gasteiger partial charge in [-0.25, -0.2) is 9.67 Å². The van der Waals surface area contributed by atoms with Crippen LogP contribution in [0.4, 0.5) is 5.69 Å². The number of amides is 1. The molecule has 0 aliphatic heterocycles. The van der Waals surface area contributed by atoms with Crippen molar-refractivity contribution in [2.45, 2.75) is 17.3 Å². The maximum absolute atomic E-state index is 12.6. The van der Waals surface area contributed by atoms with Crippen LogP contribution in [0.25, 0.3) is 16.7 Å². The summed E-state index contributed by atoms with van der Waals surface area (Å²) in [5.41, 5.74) is 1.65. The molecule has 2 heterocycles. The number of carbonyl (C=O) groups excluding carboxylic acids is 1. The zero-order valence-electron chi connectivity index (χ0n) is 16.2. The Bertz CT molecular complexity index is 1380. The standard InChI is InChI=1S/C21H15ClN6O2S/c1-12(19(29)25-14-8-7-13(10-23)17(22)9-14)31-21-26-18-16(20(30)27-21)11-24-28(18)15-5-3-2-4-6-15/h2-9,11-12H,1H3,(H,25,29)(H,26,27,30). The van der Waals surface area contributed by atoms with Crippen molar-refractivity contribution in [2.75, 3.05) is 5.32 Å². The summed E-state index contributed by atoms with van der Waals surface area (Å²) in [5, 5.41) is 16.3. The molecule has 1 amide bonds. The van der Waals surface area contributed by atoms with E-state index in [0.29, 0.717) is 27.4 Å². The van der Waals surface area contributed by atoms with E-state index in [0.717, 1.165) is 17.4 Å². The van der Waals surface area contributed by atoms with Gasteiger partial charge in [-0.1, -0.05) is 41.6 Å². The van der Waals surface area contributed by atoms with Gasteiger partial charge in [0, 0.05) is 5.69 Å². The van der Waals surface area contributed by atoms with Crippen LogP contribution in [-0.2, 0) is 4.79 Å². The molecule has 154 valence electrons. The number of benzene rings is 2. The van der Waals surface area contributed by atoms with E-state index in [-0.39, 0.29) is 16.5 Å². The highest BCUT2D eigenvalue weighted by Crippen LogP contribution is 2.24. The van der Waals surface area contributed by atoms with Crippen molar-refractivity contribution >= 4 is 46.0 Å². The molecule has 0 aliphatic rings. The number of thioether (sulfide) groups is 1. The zero-order valence-corrected chi connectivity index (χ0v) is 17.7. The molecule has 0 saturated heterocycles. The molecule has 0 spiro atoms. The molecule has 1 atom stereocenters. The van der Waals surface area contributed by atoms with Gasteiger partial charge >= 0.3 is 0 Å². The zero-order chi connectivity index (χ0) is 22.0. The first-order valence-electron chi connectivity index (χ1n) is 9.17. The van der Waals surface area contributed by atoms with Gasteiger partial charge in [0.05, 0.1) is 27.7 Å². The van der Waals surface area contributed by atoms with Crippen LogP contribution in [0.3, 0.4) is 0 Å². The first kappa shape index (κ1) is 20.7. The van der Waals surface area contributed by atoms with E-state index < -0.39 is 5.25 Å². The maximum atomic E-state index is 12.6.